The van der Waals surface area contributed by atoms with Gasteiger partial charge in [0.05, 0.1) is 5.69 Å². The molecule has 1 aromatic heterocycles. The Labute approximate surface area is 84.1 Å². The number of rotatable bonds is 5. The average molecular weight is 192 g/mol. The van der Waals surface area contributed by atoms with Gasteiger partial charge in [-0.1, -0.05) is 6.92 Å². The minimum absolute atomic E-state index is 0.523. The van der Waals surface area contributed by atoms with Crippen LogP contribution in [0.25, 0.3) is 0 Å². The van der Waals surface area contributed by atoms with Gasteiger partial charge in [0.15, 0.2) is 0 Å². The zero-order valence-corrected chi connectivity index (χ0v) is 8.57. The predicted octanol–water partition coefficient (Wildman–Crippen LogP) is 1.91. The van der Waals surface area contributed by atoms with E-state index < -0.39 is 0 Å². The third-order valence-corrected chi connectivity index (χ3v) is 2.59. The van der Waals surface area contributed by atoms with Gasteiger partial charge < -0.3 is 4.79 Å². The number of carbonyl (C=O) groups is 1. The molecule has 1 aliphatic carbocycles. The normalized spacial score (nSPS) is 15.8. The van der Waals surface area contributed by atoms with Crippen LogP contribution in [0.5, 0.6) is 0 Å². The molecular formula is C11H16N2O. The molecule has 3 nitrogen and oxygen atoms in total. The standard InChI is InChI=1S/C11H16N2O/c1-2-6-13-8-10(5-7-14)11(12-13)9-3-4-9/h7-9H,2-6H2,1H3. The van der Waals surface area contributed by atoms with Gasteiger partial charge in [-0.3, -0.25) is 4.68 Å². The average Bonchev–Trinajstić information content (AvgIpc) is 2.92. The molecule has 0 bridgehead atoms. The zero-order chi connectivity index (χ0) is 9.97. The summed E-state index contributed by atoms with van der Waals surface area (Å²) < 4.78 is 1.98. The van der Waals surface area contributed by atoms with Crippen molar-refractivity contribution in [1.29, 1.82) is 0 Å². The molecule has 0 radical (unpaired) electrons. The summed E-state index contributed by atoms with van der Waals surface area (Å²) in [4.78, 5) is 10.5. The molecule has 0 aliphatic heterocycles. The SMILES string of the molecule is CCCn1cc(CC=O)c(C2CC2)n1. The number of nitrogens with zero attached hydrogens (tertiary/aromatic N) is 2. The second kappa shape index (κ2) is 3.95. The van der Waals surface area contributed by atoms with Crippen molar-refractivity contribution in [2.45, 2.75) is 45.1 Å². The molecule has 2 rings (SSSR count). The second-order valence-electron chi connectivity index (χ2n) is 3.95. The third kappa shape index (κ3) is 1.86. The molecule has 0 aromatic carbocycles. The molecule has 0 atom stereocenters. The van der Waals surface area contributed by atoms with Crippen molar-refractivity contribution in [3.05, 3.63) is 17.5 Å². The van der Waals surface area contributed by atoms with E-state index in [0.717, 1.165) is 24.8 Å². The molecule has 0 N–H and O–H groups in total. The molecule has 14 heavy (non-hydrogen) atoms. The van der Waals surface area contributed by atoms with Gasteiger partial charge in [0.25, 0.3) is 0 Å². The molecule has 76 valence electrons. The summed E-state index contributed by atoms with van der Waals surface area (Å²) in [7, 11) is 0. The highest BCUT2D eigenvalue weighted by Gasteiger charge is 2.28. The summed E-state index contributed by atoms with van der Waals surface area (Å²) in [6.45, 7) is 3.09. The van der Waals surface area contributed by atoms with Crippen LogP contribution in [0, 0.1) is 0 Å². The largest absolute Gasteiger partial charge is 0.303 e. The van der Waals surface area contributed by atoms with E-state index >= 15 is 0 Å². The Morgan fingerprint density at radius 3 is 3.00 bits per heavy atom. The van der Waals surface area contributed by atoms with Crippen LogP contribution in [0.4, 0.5) is 0 Å². The number of aromatic nitrogens is 2. The molecule has 0 saturated heterocycles. The Morgan fingerprint density at radius 1 is 1.64 bits per heavy atom. The molecule has 0 unspecified atom stereocenters. The fourth-order valence-electron chi connectivity index (χ4n) is 1.77. The van der Waals surface area contributed by atoms with Crippen LogP contribution >= 0.6 is 0 Å². The van der Waals surface area contributed by atoms with Crippen LogP contribution in [0.1, 0.15) is 43.4 Å². The van der Waals surface area contributed by atoms with E-state index in [-0.39, 0.29) is 0 Å². The number of carbonyl (C=O) groups excluding carboxylic acids is 1. The van der Waals surface area contributed by atoms with Gasteiger partial charge in [0.2, 0.25) is 0 Å². The van der Waals surface area contributed by atoms with Crippen molar-refractivity contribution in [3.8, 4) is 0 Å². The first-order valence-corrected chi connectivity index (χ1v) is 5.35. The quantitative estimate of drug-likeness (QED) is 0.668. The molecular weight excluding hydrogens is 176 g/mol. The predicted molar refractivity (Wildman–Crippen MR) is 54.3 cm³/mol. The Morgan fingerprint density at radius 2 is 2.43 bits per heavy atom. The first-order chi connectivity index (χ1) is 6.85. The van der Waals surface area contributed by atoms with E-state index in [4.69, 9.17) is 0 Å². The maximum atomic E-state index is 10.5. The number of hydrogen-bond donors (Lipinski definition) is 0. The van der Waals surface area contributed by atoms with Gasteiger partial charge in [0, 0.05) is 30.6 Å². The summed E-state index contributed by atoms with van der Waals surface area (Å²) in [6, 6.07) is 0. The Balaban J connectivity index is 2.20. The van der Waals surface area contributed by atoms with Crippen LogP contribution < -0.4 is 0 Å². The van der Waals surface area contributed by atoms with Gasteiger partial charge in [-0.25, -0.2) is 0 Å². The molecule has 0 amide bonds. The van der Waals surface area contributed by atoms with E-state index in [1.165, 1.54) is 18.5 Å². The van der Waals surface area contributed by atoms with E-state index in [2.05, 4.69) is 12.0 Å². The first-order valence-electron chi connectivity index (χ1n) is 5.35. The van der Waals surface area contributed by atoms with Crippen molar-refractivity contribution in [1.82, 2.24) is 9.78 Å². The summed E-state index contributed by atoms with van der Waals surface area (Å²) in [5.41, 5.74) is 2.31. The molecule has 1 aromatic rings. The third-order valence-electron chi connectivity index (χ3n) is 2.59. The summed E-state index contributed by atoms with van der Waals surface area (Å²) in [5.74, 6) is 0.642. The van der Waals surface area contributed by atoms with Crippen molar-refractivity contribution < 1.29 is 4.79 Å². The lowest BCUT2D eigenvalue weighted by Crippen LogP contribution is -1.97. The molecule has 3 heteroatoms. The van der Waals surface area contributed by atoms with E-state index in [0.29, 0.717) is 12.3 Å². The topological polar surface area (TPSA) is 34.9 Å². The van der Waals surface area contributed by atoms with Crippen molar-refractivity contribution in [2.75, 3.05) is 0 Å². The highest BCUT2D eigenvalue weighted by Crippen LogP contribution is 2.40. The Hall–Kier alpha value is -1.12. The lowest BCUT2D eigenvalue weighted by atomic mass is 10.1. The Bertz CT molecular complexity index is 326. The highest BCUT2D eigenvalue weighted by molar-refractivity contribution is 5.55. The molecule has 1 fully saturated rings. The lowest BCUT2D eigenvalue weighted by Gasteiger charge is -1.95. The minimum atomic E-state index is 0.523. The van der Waals surface area contributed by atoms with Crippen molar-refractivity contribution in [2.24, 2.45) is 0 Å². The van der Waals surface area contributed by atoms with Gasteiger partial charge in [-0.05, 0) is 19.3 Å². The molecule has 1 heterocycles. The second-order valence-corrected chi connectivity index (χ2v) is 3.95. The van der Waals surface area contributed by atoms with Crippen LogP contribution in [-0.2, 0) is 17.8 Å². The maximum absolute atomic E-state index is 10.5. The minimum Gasteiger partial charge on any atom is -0.303 e. The maximum Gasteiger partial charge on any atom is 0.124 e. The fourth-order valence-corrected chi connectivity index (χ4v) is 1.77. The van der Waals surface area contributed by atoms with Gasteiger partial charge in [-0.15, -0.1) is 0 Å². The number of hydrogen-bond acceptors (Lipinski definition) is 2. The highest BCUT2D eigenvalue weighted by atomic mass is 16.1. The molecule has 0 spiro atoms. The van der Waals surface area contributed by atoms with Gasteiger partial charge in [0.1, 0.15) is 6.29 Å². The van der Waals surface area contributed by atoms with Crippen LogP contribution in [0.2, 0.25) is 0 Å². The summed E-state index contributed by atoms with van der Waals surface area (Å²) in [5, 5.41) is 4.54. The van der Waals surface area contributed by atoms with Crippen LogP contribution in [-0.4, -0.2) is 16.1 Å². The van der Waals surface area contributed by atoms with E-state index in [9.17, 15) is 4.79 Å². The zero-order valence-electron chi connectivity index (χ0n) is 8.57. The monoisotopic (exact) mass is 192 g/mol. The van der Waals surface area contributed by atoms with E-state index in [1.807, 2.05) is 10.9 Å². The van der Waals surface area contributed by atoms with Gasteiger partial charge >= 0.3 is 0 Å². The smallest absolute Gasteiger partial charge is 0.124 e. The van der Waals surface area contributed by atoms with E-state index in [1.54, 1.807) is 0 Å². The fraction of sp³-hybridized carbons (Fsp3) is 0.636. The number of aldehydes is 1. The summed E-state index contributed by atoms with van der Waals surface area (Å²) >= 11 is 0. The van der Waals surface area contributed by atoms with Crippen molar-refractivity contribution in [3.63, 3.8) is 0 Å². The number of aryl methyl sites for hydroxylation is 1. The van der Waals surface area contributed by atoms with Crippen molar-refractivity contribution >= 4 is 6.29 Å². The lowest BCUT2D eigenvalue weighted by molar-refractivity contribution is -0.107. The van der Waals surface area contributed by atoms with Crippen LogP contribution in [0.3, 0.4) is 0 Å². The molecule has 1 saturated carbocycles. The Kier molecular flexibility index (Phi) is 2.66. The molecule has 1 aliphatic rings. The first kappa shape index (κ1) is 9.44. The summed E-state index contributed by atoms with van der Waals surface area (Å²) in [6.07, 6.45) is 7.11. The van der Waals surface area contributed by atoms with Crippen LogP contribution in [0.15, 0.2) is 6.20 Å². The van der Waals surface area contributed by atoms with Gasteiger partial charge in [-0.2, -0.15) is 5.10 Å².